The van der Waals surface area contributed by atoms with Crippen molar-refractivity contribution >= 4 is 76.4 Å². The van der Waals surface area contributed by atoms with Crippen LogP contribution in [0.1, 0.15) is 31.8 Å². The van der Waals surface area contributed by atoms with E-state index in [1.165, 1.54) is 0 Å². The summed E-state index contributed by atoms with van der Waals surface area (Å²) in [5.41, 5.74) is 8.43. The molecule has 62 heavy (non-hydrogen) atoms. The molecule has 1 aliphatic rings. The van der Waals surface area contributed by atoms with E-state index in [-0.39, 0.29) is 34.5 Å². The fraction of sp³-hybridized carbons (Fsp3) is 0.0169. The molecule has 0 atom stereocenters. The average Bonchev–Trinajstić information content (AvgIpc) is 3.91. The fourth-order valence-electron chi connectivity index (χ4n) is 9.54. The van der Waals surface area contributed by atoms with E-state index in [1.807, 2.05) is 91.0 Å². The summed E-state index contributed by atoms with van der Waals surface area (Å²) in [6.45, 7) is 0. The first-order chi connectivity index (χ1) is 33.7. The Bertz CT molecular complexity index is 3620. The zero-order chi connectivity index (χ0) is 47.1. The molecule has 0 amide bonds. The topological polar surface area (TPSA) is 6.48 Å². The van der Waals surface area contributed by atoms with Crippen LogP contribution in [-0.2, 0) is 5.41 Å². The molecular formula is C59H40N2S. The van der Waals surface area contributed by atoms with Gasteiger partial charge in [0.05, 0.1) is 15.0 Å². The lowest BCUT2D eigenvalue weighted by Gasteiger charge is -2.35. The van der Waals surface area contributed by atoms with Gasteiger partial charge in [0.15, 0.2) is 0 Å². The molecule has 1 aliphatic carbocycles. The van der Waals surface area contributed by atoms with Crippen LogP contribution in [0, 0.1) is 0 Å². The first-order valence-electron chi connectivity index (χ1n) is 24.2. The van der Waals surface area contributed by atoms with Crippen LogP contribution in [0.4, 0.5) is 34.1 Å². The summed E-state index contributed by atoms with van der Waals surface area (Å²) in [5.74, 6) is 0. The first-order valence-corrected chi connectivity index (χ1v) is 21.5. The summed E-state index contributed by atoms with van der Waals surface area (Å²) in [7, 11) is 0. The predicted molar refractivity (Wildman–Crippen MR) is 264 cm³/mol. The lowest BCUT2D eigenvalue weighted by Crippen LogP contribution is -2.29. The Morgan fingerprint density at radius 3 is 1.42 bits per heavy atom. The quantitative estimate of drug-likeness (QED) is 0.151. The van der Waals surface area contributed by atoms with Crippen LogP contribution in [0.5, 0.6) is 0 Å². The Balaban J connectivity index is 1.27. The third kappa shape index (κ3) is 5.70. The second kappa shape index (κ2) is 14.8. The van der Waals surface area contributed by atoms with Crippen molar-refractivity contribution in [3.63, 3.8) is 0 Å². The van der Waals surface area contributed by atoms with Crippen molar-refractivity contribution in [2.45, 2.75) is 5.41 Å². The van der Waals surface area contributed by atoms with E-state index >= 15 is 0 Å². The van der Waals surface area contributed by atoms with E-state index in [1.54, 1.807) is 11.3 Å². The van der Waals surface area contributed by atoms with Crippen molar-refractivity contribution in [3.05, 3.63) is 265 Å². The predicted octanol–water partition coefficient (Wildman–Crippen LogP) is 16.5. The van der Waals surface area contributed by atoms with Gasteiger partial charge < -0.3 is 9.80 Å². The van der Waals surface area contributed by atoms with Gasteiger partial charge in [-0.15, -0.1) is 11.3 Å². The van der Waals surface area contributed by atoms with Crippen molar-refractivity contribution in [2.24, 2.45) is 0 Å². The Kier molecular flexibility index (Phi) is 7.03. The SMILES string of the molecule is [2H]c1c([2H])c([2H])c2c([2H])c(C3(c4cccc5sc6ccccc6c45)c4ccc(N(c5ccccc5)c5ccccc5)cc4-c4cc(N(c5ccccc5)c5ccccc5)ccc43)c([2H])c([2H])c2c1[2H]. The maximum atomic E-state index is 10.3. The minimum absolute atomic E-state index is 0.0828. The molecule has 0 bridgehead atoms. The normalized spacial score (nSPS) is 14.2. The summed E-state index contributed by atoms with van der Waals surface area (Å²) in [5, 5.41) is 1.75. The molecule has 3 heteroatoms. The van der Waals surface area contributed by atoms with E-state index in [2.05, 4.69) is 119 Å². The lowest BCUT2D eigenvalue weighted by atomic mass is 9.66. The van der Waals surface area contributed by atoms with E-state index in [0.717, 1.165) is 82.1 Å². The number of thiophene rings is 1. The van der Waals surface area contributed by atoms with Crippen molar-refractivity contribution in [1.29, 1.82) is 0 Å². The van der Waals surface area contributed by atoms with Crippen molar-refractivity contribution < 1.29 is 9.60 Å². The summed E-state index contributed by atoms with van der Waals surface area (Å²) in [4.78, 5) is 4.44. The van der Waals surface area contributed by atoms with Crippen LogP contribution < -0.4 is 9.80 Å². The number of benzene rings is 10. The molecule has 0 spiro atoms. The molecule has 2 nitrogen and oxygen atoms in total. The van der Waals surface area contributed by atoms with Gasteiger partial charge in [0, 0.05) is 54.3 Å². The molecule has 0 radical (unpaired) electrons. The summed E-state index contributed by atoms with van der Waals surface area (Å²) in [6.07, 6.45) is 0. The number of hydrogen-bond acceptors (Lipinski definition) is 3. The van der Waals surface area contributed by atoms with E-state index in [4.69, 9.17) is 4.11 Å². The summed E-state index contributed by atoms with van der Waals surface area (Å²) >= 11 is 1.67. The van der Waals surface area contributed by atoms with Gasteiger partial charge in [-0.25, -0.2) is 0 Å². The summed E-state index contributed by atoms with van der Waals surface area (Å²) in [6, 6.07) is 65.5. The first kappa shape index (κ1) is 29.5. The molecule has 11 aromatic rings. The minimum atomic E-state index is -1.45. The molecule has 292 valence electrons. The number of hydrogen-bond donors (Lipinski definition) is 0. The average molecular weight is 816 g/mol. The Morgan fingerprint density at radius 2 is 0.871 bits per heavy atom. The zero-order valence-corrected chi connectivity index (χ0v) is 34.2. The molecule has 12 rings (SSSR count). The van der Waals surface area contributed by atoms with Gasteiger partial charge in [0.2, 0.25) is 0 Å². The third-order valence-electron chi connectivity index (χ3n) is 12.1. The molecule has 0 fully saturated rings. The van der Waals surface area contributed by atoms with E-state index in [0.29, 0.717) is 0 Å². The Morgan fingerprint density at radius 1 is 0.387 bits per heavy atom. The molecule has 0 saturated carbocycles. The van der Waals surface area contributed by atoms with Gasteiger partial charge in [0.1, 0.15) is 0 Å². The number of nitrogens with zero attached hydrogens (tertiary/aromatic N) is 2. The molecule has 0 aliphatic heterocycles. The number of rotatable bonds is 8. The molecular weight excluding hydrogens is 769 g/mol. The van der Waals surface area contributed by atoms with E-state index in [9.17, 15) is 5.48 Å². The highest BCUT2D eigenvalue weighted by molar-refractivity contribution is 7.25. The second-order valence-corrected chi connectivity index (χ2v) is 16.6. The maximum absolute atomic E-state index is 10.3. The smallest absolute Gasteiger partial charge is 0.0720 e. The van der Waals surface area contributed by atoms with Gasteiger partial charge in [-0.1, -0.05) is 152 Å². The van der Waals surface area contributed by atoms with Gasteiger partial charge in [-0.3, -0.25) is 0 Å². The molecule has 1 heterocycles. The van der Waals surface area contributed by atoms with Gasteiger partial charge >= 0.3 is 0 Å². The number of anilines is 6. The molecule has 10 aromatic carbocycles. The highest BCUT2D eigenvalue weighted by Crippen LogP contribution is 2.60. The monoisotopic (exact) mass is 815 g/mol. The van der Waals surface area contributed by atoms with Crippen LogP contribution in [0.3, 0.4) is 0 Å². The summed E-state index contributed by atoms with van der Waals surface area (Å²) < 4.78 is 68.0. The van der Waals surface area contributed by atoms with Crippen LogP contribution in [-0.4, -0.2) is 0 Å². The Labute approximate surface area is 375 Å². The zero-order valence-electron chi connectivity index (χ0n) is 40.4. The highest BCUT2D eigenvalue weighted by atomic mass is 32.1. The minimum Gasteiger partial charge on any atom is -0.310 e. The fourth-order valence-corrected chi connectivity index (χ4v) is 10.7. The van der Waals surface area contributed by atoms with E-state index < -0.39 is 29.6 Å². The van der Waals surface area contributed by atoms with Crippen molar-refractivity contribution in [3.8, 4) is 11.1 Å². The van der Waals surface area contributed by atoms with Gasteiger partial charge in [-0.2, -0.15) is 0 Å². The molecule has 1 aromatic heterocycles. The van der Waals surface area contributed by atoms with Gasteiger partial charge in [-0.05, 0) is 135 Å². The molecule has 0 saturated heterocycles. The van der Waals surface area contributed by atoms with Crippen LogP contribution in [0.25, 0.3) is 42.1 Å². The highest BCUT2D eigenvalue weighted by Gasteiger charge is 2.48. The number of fused-ring (bicyclic) bond motifs is 7. The molecule has 0 unspecified atom stereocenters. The molecule has 0 N–H and O–H groups in total. The van der Waals surface area contributed by atoms with Crippen LogP contribution in [0.2, 0.25) is 0 Å². The largest absolute Gasteiger partial charge is 0.310 e. The number of para-hydroxylation sites is 4. The Hall–Kier alpha value is -7.72. The van der Waals surface area contributed by atoms with Crippen LogP contribution in [0.15, 0.2) is 242 Å². The van der Waals surface area contributed by atoms with Gasteiger partial charge in [0.25, 0.3) is 0 Å². The van der Waals surface area contributed by atoms with Crippen molar-refractivity contribution in [1.82, 2.24) is 0 Å². The van der Waals surface area contributed by atoms with Crippen molar-refractivity contribution in [2.75, 3.05) is 9.80 Å². The standard InChI is InChI=1S/C59H40N2S/c1-5-20-44(21-6-1)60(45-22-7-2-8-23-45)48-34-36-53-51(39-48)52-40-49(61(46-24-9-3-10-25-46)47-26-11-4-12-27-47)35-37-54(52)59(53,43-33-32-41-18-13-14-19-42(41)38-43)55-29-17-31-57-58(55)50-28-15-16-30-56(50)62-57/h1-40H/i13D,14D,18D,19D,32D,33D,38D. The lowest BCUT2D eigenvalue weighted by molar-refractivity contribution is 0.778. The maximum Gasteiger partial charge on any atom is 0.0720 e. The third-order valence-corrected chi connectivity index (χ3v) is 13.2. The van der Waals surface area contributed by atoms with Crippen LogP contribution >= 0.6 is 11.3 Å². The second-order valence-electron chi connectivity index (χ2n) is 15.5.